The van der Waals surface area contributed by atoms with Crippen LogP contribution in [0.5, 0.6) is 0 Å². The lowest BCUT2D eigenvalue weighted by Gasteiger charge is -2.55. The molecule has 0 aliphatic heterocycles. The monoisotopic (exact) mass is 357 g/mol. The van der Waals surface area contributed by atoms with Gasteiger partial charge in [-0.1, -0.05) is 0 Å². The predicted molar refractivity (Wildman–Crippen MR) is 97.0 cm³/mol. The van der Waals surface area contributed by atoms with Gasteiger partial charge in [0.15, 0.2) is 0 Å². The average molecular weight is 358 g/mol. The highest BCUT2D eigenvalue weighted by molar-refractivity contribution is 5.85. The van der Waals surface area contributed by atoms with E-state index in [4.69, 9.17) is 0 Å². The molecule has 0 aromatic heterocycles. The van der Waals surface area contributed by atoms with Crippen molar-refractivity contribution in [1.82, 2.24) is 15.5 Å². The van der Waals surface area contributed by atoms with Crippen LogP contribution < -0.4 is 10.6 Å². The number of carbonyl (C=O) groups excluding carboxylic acids is 2. The summed E-state index contributed by atoms with van der Waals surface area (Å²) in [4.78, 5) is 26.5. The lowest BCUT2D eigenvalue weighted by atomic mass is 9.49. The van der Waals surface area contributed by atoms with Crippen LogP contribution in [0, 0.1) is 23.2 Å². The maximum Gasteiger partial charge on any atom is 0.226 e. The molecule has 0 heterocycles. The van der Waals surface area contributed by atoms with Crippen molar-refractivity contribution in [2.24, 2.45) is 23.2 Å². The zero-order valence-electron chi connectivity index (χ0n) is 15.0. The molecule has 0 unspecified atom stereocenters. The number of carbonyl (C=O) groups is 2. The quantitative estimate of drug-likeness (QED) is 0.730. The summed E-state index contributed by atoms with van der Waals surface area (Å²) in [5.74, 6) is 2.66. The molecular formula is C18H32ClN3O2. The Morgan fingerprint density at radius 3 is 2.08 bits per heavy atom. The van der Waals surface area contributed by atoms with Crippen LogP contribution >= 0.6 is 12.4 Å². The number of rotatable bonds is 7. The van der Waals surface area contributed by atoms with E-state index in [1.54, 1.807) is 4.90 Å². The molecule has 2 amide bonds. The summed E-state index contributed by atoms with van der Waals surface area (Å²) in [6.07, 6.45) is 7.70. The maximum atomic E-state index is 12.8. The Bertz CT molecular complexity index is 434. The second-order valence-electron chi connectivity index (χ2n) is 8.12. The van der Waals surface area contributed by atoms with E-state index in [-0.39, 0.29) is 29.6 Å². The molecule has 4 saturated carbocycles. The fourth-order valence-corrected chi connectivity index (χ4v) is 5.45. The lowest BCUT2D eigenvalue weighted by molar-refractivity contribution is -0.146. The summed E-state index contributed by atoms with van der Waals surface area (Å²) in [6.45, 7) is 1.98. The van der Waals surface area contributed by atoms with Crippen LogP contribution in [0.3, 0.4) is 0 Å². The number of hydrogen-bond acceptors (Lipinski definition) is 3. The molecule has 0 atom stereocenters. The summed E-state index contributed by atoms with van der Waals surface area (Å²) in [5.41, 5.74) is -0.101. The normalized spacial score (nSPS) is 33.0. The van der Waals surface area contributed by atoms with Gasteiger partial charge in [-0.25, -0.2) is 0 Å². The highest BCUT2D eigenvalue weighted by atomic mass is 35.5. The summed E-state index contributed by atoms with van der Waals surface area (Å²) in [7, 11) is 3.70. The van der Waals surface area contributed by atoms with Crippen LogP contribution in [0.15, 0.2) is 0 Å². The Balaban J connectivity index is 0.00000208. The fourth-order valence-electron chi connectivity index (χ4n) is 5.45. The number of nitrogens with zero attached hydrogens (tertiary/aromatic N) is 1. The minimum absolute atomic E-state index is 0. The summed E-state index contributed by atoms with van der Waals surface area (Å²) in [6, 6.07) is 0. The molecule has 6 heteroatoms. The first kappa shape index (κ1) is 19.5. The molecule has 5 nitrogen and oxygen atoms in total. The molecule has 0 aromatic carbocycles. The average Bonchev–Trinajstić information content (AvgIpc) is 2.51. The second kappa shape index (κ2) is 8.05. The Morgan fingerprint density at radius 1 is 1.04 bits per heavy atom. The van der Waals surface area contributed by atoms with Crippen molar-refractivity contribution in [1.29, 1.82) is 0 Å². The van der Waals surface area contributed by atoms with Crippen molar-refractivity contribution in [2.75, 3.05) is 33.7 Å². The largest absolute Gasteiger partial charge is 0.355 e. The molecule has 4 aliphatic carbocycles. The summed E-state index contributed by atoms with van der Waals surface area (Å²) >= 11 is 0. The molecule has 2 N–H and O–H groups in total. The number of hydrogen-bond donors (Lipinski definition) is 2. The van der Waals surface area contributed by atoms with Gasteiger partial charge in [0.05, 0.1) is 0 Å². The van der Waals surface area contributed by atoms with Gasteiger partial charge in [0.2, 0.25) is 11.8 Å². The van der Waals surface area contributed by atoms with Crippen LogP contribution in [0.4, 0.5) is 0 Å². The Labute approximate surface area is 151 Å². The van der Waals surface area contributed by atoms with E-state index < -0.39 is 0 Å². The zero-order valence-corrected chi connectivity index (χ0v) is 15.8. The highest BCUT2D eigenvalue weighted by Gasteiger charge is 2.54. The van der Waals surface area contributed by atoms with Crippen molar-refractivity contribution in [3.8, 4) is 0 Å². The number of nitrogens with one attached hydrogen (secondary N) is 2. The van der Waals surface area contributed by atoms with Crippen LogP contribution in [-0.4, -0.2) is 50.4 Å². The van der Waals surface area contributed by atoms with Crippen molar-refractivity contribution in [2.45, 2.75) is 44.9 Å². The third-order valence-electron chi connectivity index (χ3n) is 6.27. The standard InChI is InChI=1S/C18H31N3O2.ClH/c1-19-5-6-21(2)16(22)3-4-20-17(23)18-10-13-7-14(11-18)9-15(8-13)12-18;/h13-15,19H,3-12H2,1-2H3,(H,20,23);1H. The van der Waals surface area contributed by atoms with E-state index in [1.165, 1.54) is 19.3 Å². The Morgan fingerprint density at radius 2 is 1.58 bits per heavy atom. The fraction of sp³-hybridized carbons (Fsp3) is 0.889. The van der Waals surface area contributed by atoms with Gasteiger partial charge in [-0.3, -0.25) is 9.59 Å². The van der Waals surface area contributed by atoms with Gasteiger partial charge in [-0.2, -0.15) is 0 Å². The topological polar surface area (TPSA) is 61.4 Å². The Kier molecular flexibility index (Phi) is 6.54. The first-order valence-electron chi connectivity index (χ1n) is 9.19. The molecule has 4 fully saturated rings. The van der Waals surface area contributed by atoms with Gasteiger partial charge in [-0.05, 0) is 63.3 Å². The third kappa shape index (κ3) is 4.05. The Hall–Kier alpha value is -0.810. The van der Waals surface area contributed by atoms with E-state index in [2.05, 4.69) is 10.6 Å². The van der Waals surface area contributed by atoms with E-state index in [0.29, 0.717) is 19.5 Å². The van der Waals surface area contributed by atoms with Crippen molar-refractivity contribution in [3.63, 3.8) is 0 Å². The van der Waals surface area contributed by atoms with Crippen molar-refractivity contribution >= 4 is 24.2 Å². The predicted octanol–water partition coefficient (Wildman–Crippen LogP) is 1.81. The van der Waals surface area contributed by atoms with Crippen molar-refractivity contribution < 1.29 is 9.59 Å². The molecule has 138 valence electrons. The molecule has 0 aromatic rings. The second-order valence-corrected chi connectivity index (χ2v) is 8.12. The van der Waals surface area contributed by atoms with Gasteiger partial charge in [-0.15, -0.1) is 12.4 Å². The van der Waals surface area contributed by atoms with E-state index in [9.17, 15) is 9.59 Å². The summed E-state index contributed by atoms with van der Waals surface area (Å²) < 4.78 is 0. The van der Waals surface area contributed by atoms with E-state index in [1.807, 2.05) is 14.1 Å². The highest BCUT2D eigenvalue weighted by Crippen LogP contribution is 2.60. The molecule has 24 heavy (non-hydrogen) atoms. The number of halogens is 1. The summed E-state index contributed by atoms with van der Waals surface area (Å²) in [5, 5.41) is 6.12. The molecule has 0 saturated heterocycles. The minimum atomic E-state index is -0.101. The zero-order chi connectivity index (χ0) is 16.4. The first-order valence-corrected chi connectivity index (χ1v) is 9.19. The van der Waals surface area contributed by atoms with Gasteiger partial charge in [0, 0.05) is 38.5 Å². The van der Waals surface area contributed by atoms with Gasteiger partial charge in [0.1, 0.15) is 0 Å². The molecule has 4 bridgehead atoms. The van der Waals surface area contributed by atoms with E-state index >= 15 is 0 Å². The molecule has 0 radical (unpaired) electrons. The molecule has 4 aliphatic rings. The van der Waals surface area contributed by atoms with Crippen LogP contribution in [0.2, 0.25) is 0 Å². The van der Waals surface area contributed by atoms with Crippen LogP contribution in [-0.2, 0) is 9.59 Å². The van der Waals surface area contributed by atoms with Gasteiger partial charge >= 0.3 is 0 Å². The van der Waals surface area contributed by atoms with Gasteiger partial charge in [0.25, 0.3) is 0 Å². The minimum Gasteiger partial charge on any atom is -0.355 e. The third-order valence-corrected chi connectivity index (χ3v) is 6.27. The van der Waals surface area contributed by atoms with Gasteiger partial charge < -0.3 is 15.5 Å². The SMILES string of the molecule is CNCCN(C)C(=O)CCNC(=O)C12CC3CC(CC(C3)C1)C2.Cl. The molecule has 0 spiro atoms. The number of likely N-dealkylation sites (N-methyl/N-ethyl adjacent to an activating group) is 2. The maximum absolute atomic E-state index is 12.8. The molecular weight excluding hydrogens is 326 g/mol. The number of amides is 2. The first-order chi connectivity index (χ1) is 11.0. The van der Waals surface area contributed by atoms with Crippen LogP contribution in [0.25, 0.3) is 0 Å². The van der Waals surface area contributed by atoms with E-state index in [0.717, 1.165) is 43.6 Å². The molecule has 4 rings (SSSR count). The van der Waals surface area contributed by atoms with Crippen molar-refractivity contribution in [3.05, 3.63) is 0 Å². The smallest absolute Gasteiger partial charge is 0.226 e. The van der Waals surface area contributed by atoms with Crippen LogP contribution in [0.1, 0.15) is 44.9 Å². The lowest BCUT2D eigenvalue weighted by Crippen LogP contribution is -2.53.